The van der Waals surface area contributed by atoms with E-state index in [2.05, 4.69) is 11.1 Å². The van der Waals surface area contributed by atoms with E-state index in [0.29, 0.717) is 17.7 Å². The zero-order valence-electron chi connectivity index (χ0n) is 11.0. The Balaban J connectivity index is 2.47. The maximum Gasteiger partial charge on any atom is 0.128 e. The van der Waals surface area contributed by atoms with Crippen LogP contribution in [0.4, 0.5) is 10.1 Å². The zero-order chi connectivity index (χ0) is 14.2. The predicted molar refractivity (Wildman–Crippen MR) is 72.7 cm³/mol. The molecule has 0 fully saturated rings. The fraction of sp³-hybridized carbons (Fsp3) is 0.429. The minimum absolute atomic E-state index is 0.0215. The largest absolute Gasteiger partial charge is 0.399 e. The van der Waals surface area contributed by atoms with Crippen molar-refractivity contribution in [3.8, 4) is 6.07 Å². The topological polar surface area (TPSA) is 88.2 Å². The molecule has 1 aromatic rings. The Morgan fingerprint density at radius 2 is 2.16 bits per heavy atom. The molecule has 4 nitrogen and oxygen atoms in total. The Bertz CT molecular complexity index is 575. The highest BCUT2D eigenvalue weighted by molar-refractivity contribution is 5.89. The van der Waals surface area contributed by atoms with E-state index in [1.165, 1.54) is 12.1 Å². The van der Waals surface area contributed by atoms with Crippen molar-refractivity contribution < 1.29 is 4.39 Å². The van der Waals surface area contributed by atoms with E-state index >= 15 is 0 Å². The van der Waals surface area contributed by atoms with Crippen molar-refractivity contribution in [1.29, 1.82) is 5.26 Å². The number of hydrogen-bond acceptors (Lipinski definition) is 4. The van der Waals surface area contributed by atoms with Gasteiger partial charge in [-0.1, -0.05) is 6.92 Å². The smallest absolute Gasteiger partial charge is 0.128 e. The van der Waals surface area contributed by atoms with Crippen LogP contribution >= 0.6 is 0 Å². The van der Waals surface area contributed by atoms with Crippen LogP contribution in [0.2, 0.25) is 0 Å². The maximum atomic E-state index is 13.9. The number of hydrogen-bond donors (Lipinski definition) is 2. The zero-order valence-corrected chi connectivity index (χ0v) is 11.0. The Morgan fingerprint density at radius 1 is 1.47 bits per heavy atom. The van der Waals surface area contributed by atoms with Crippen LogP contribution in [0.15, 0.2) is 23.2 Å². The molecule has 0 saturated carbocycles. The van der Waals surface area contributed by atoms with Gasteiger partial charge in [0.1, 0.15) is 17.1 Å². The van der Waals surface area contributed by atoms with Crippen LogP contribution in [0.3, 0.4) is 0 Å². The first-order chi connectivity index (χ1) is 8.87. The summed E-state index contributed by atoms with van der Waals surface area (Å²) < 4.78 is 13.9. The molecule has 4 N–H and O–H groups in total. The van der Waals surface area contributed by atoms with Crippen LogP contribution in [-0.4, -0.2) is 5.84 Å². The van der Waals surface area contributed by atoms with Crippen molar-refractivity contribution in [2.24, 2.45) is 22.1 Å². The third-order valence-corrected chi connectivity index (χ3v) is 3.70. The van der Waals surface area contributed by atoms with E-state index in [1.807, 2.05) is 6.92 Å². The van der Waals surface area contributed by atoms with Crippen molar-refractivity contribution in [2.45, 2.75) is 26.3 Å². The first kappa shape index (κ1) is 13.3. The third kappa shape index (κ3) is 2.26. The summed E-state index contributed by atoms with van der Waals surface area (Å²) in [6, 6.07) is 6.23. The molecule has 19 heavy (non-hydrogen) atoms. The number of nitriles is 1. The molecule has 1 aliphatic heterocycles. The van der Waals surface area contributed by atoms with Gasteiger partial charge < -0.3 is 11.5 Å². The maximum absolute atomic E-state index is 13.9. The number of aliphatic imine (C=N–C) groups is 1. The van der Waals surface area contributed by atoms with Crippen LogP contribution in [0.1, 0.15) is 31.9 Å². The fourth-order valence-corrected chi connectivity index (χ4v) is 2.55. The van der Waals surface area contributed by atoms with Crippen molar-refractivity contribution >= 4 is 11.5 Å². The standard InChI is InChI=1S/C14H17FN4/c1-8-6-14(2,7-16)13(18)19-12(8)10-5-9(17)3-4-11(10)15/h3-5,8,12H,6,17H2,1-2H3,(H2,18,19). The second-order valence-corrected chi connectivity index (χ2v) is 5.37. The average Bonchev–Trinajstić information content (AvgIpc) is 2.37. The van der Waals surface area contributed by atoms with Gasteiger partial charge in [0.25, 0.3) is 0 Å². The van der Waals surface area contributed by atoms with Gasteiger partial charge in [-0.25, -0.2) is 4.39 Å². The van der Waals surface area contributed by atoms with E-state index in [0.717, 1.165) is 0 Å². The lowest BCUT2D eigenvalue weighted by Crippen LogP contribution is -2.40. The lowest BCUT2D eigenvalue weighted by molar-refractivity contribution is 0.330. The monoisotopic (exact) mass is 260 g/mol. The Labute approximate surface area is 111 Å². The molecule has 3 unspecified atom stereocenters. The highest BCUT2D eigenvalue weighted by Gasteiger charge is 2.39. The Morgan fingerprint density at radius 3 is 2.79 bits per heavy atom. The van der Waals surface area contributed by atoms with Gasteiger partial charge in [0.15, 0.2) is 0 Å². The molecular weight excluding hydrogens is 243 g/mol. The van der Waals surface area contributed by atoms with Gasteiger partial charge in [-0.3, -0.25) is 4.99 Å². The lowest BCUT2D eigenvalue weighted by Gasteiger charge is -2.34. The van der Waals surface area contributed by atoms with Crippen molar-refractivity contribution in [2.75, 3.05) is 5.73 Å². The number of halogens is 1. The van der Waals surface area contributed by atoms with E-state index < -0.39 is 5.41 Å². The van der Waals surface area contributed by atoms with Gasteiger partial charge in [-0.2, -0.15) is 5.26 Å². The van der Waals surface area contributed by atoms with Crippen LogP contribution in [-0.2, 0) is 0 Å². The average molecular weight is 260 g/mol. The van der Waals surface area contributed by atoms with Gasteiger partial charge >= 0.3 is 0 Å². The first-order valence-corrected chi connectivity index (χ1v) is 6.17. The molecule has 0 aromatic heterocycles. The van der Waals surface area contributed by atoms with Gasteiger partial charge in [0.2, 0.25) is 0 Å². The molecule has 2 rings (SSSR count). The summed E-state index contributed by atoms with van der Waals surface area (Å²) in [5.74, 6) is -0.0589. The normalized spacial score (nSPS) is 30.5. The molecule has 5 heteroatoms. The molecular formula is C14H17FN4. The van der Waals surface area contributed by atoms with Gasteiger partial charge in [0, 0.05) is 11.3 Å². The van der Waals surface area contributed by atoms with Gasteiger partial charge in [-0.05, 0) is 37.5 Å². The molecule has 0 aliphatic carbocycles. The van der Waals surface area contributed by atoms with Crippen LogP contribution in [0.25, 0.3) is 0 Å². The highest BCUT2D eigenvalue weighted by atomic mass is 19.1. The van der Waals surface area contributed by atoms with Crippen LogP contribution < -0.4 is 11.5 Å². The van der Waals surface area contributed by atoms with E-state index in [9.17, 15) is 9.65 Å². The van der Waals surface area contributed by atoms with Crippen LogP contribution in [0, 0.1) is 28.5 Å². The molecule has 0 amide bonds. The number of nitrogens with zero attached hydrogens (tertiary/aromatic N) is 2. The summed E-state index contributed by atoms with van der Waals surface area (Å²) in [7, 11) is 0. The molecule has 0 radical (unpaired) electrons. The van der Waals surface area contributed by atoms with Gasteiger partial charge in [-0.15, -0.1) is 0 Å². The van der Waals surface area contributed by atoms with E-state index in [-0.39, 0.29) is 23.6 Å². The van der Waals surface area contributed by atoms with E-state index in [1.54, 1.807) is 13.0 Å². The second-order valence-electron chi connectivity index (χ2n) is 5.37. The highest BCUT2D eigenvalue weighted by Crippen LogP contribution is 2.41. The molecule has 0 spiro atoms. The summed E-state index contributed by atoms with van der Waals surface area (Å²) in [5.41, 5.74) is 11.7. The molecule has 1 aliphatic rings. The fourth-order valence-electron chi connectivity index (χ4n) is 2.55. The number of nitrogen functional groups attached to an aromatic ring is 1. The number of amidine groups is 1. The number of nitrogens with two attached hydrogens (primary N) is 2. The second kappa shape index (κ2) is 4.54. The van der Waals surface area contributed by atoms with Crippen molar-refractivity contribution in [3.63, 3.8) is 0 Å². The molecule has 0 saturated heterocycles. The van der Waals surface area contributed by atoms with Crippen molar-refractivity contribution in [1.82, 2.24) is 0 Å². The molecule has 100 valence electrons. The molecule has 1 aromatic carbocycles. The third-order valence-electron chi connectivity index (χ3n) is 3.70. The summed E-state index contributed by atoms with van der Waals surface area (Å²) in [6.07, 6.45) is 0.553. The molecule has 3 atom stereocenters. The van der Waals surface area contributed by atoms with Crippen molar-refractivity contribution in [3.05, 3.63) is 29.6 Å². The SMILES string of the molecule is CC1CC(C)(C#N)C(N)=NC1c1cc(N)ccc1F. The van der Waals surface area contributed by atoms with E-state index in [4.69, 9.17) is 11.5 Å². The minimum atomic E-state index is -0.771. The summed E-state index contributed by atoms with van der Waals surface area (Å²) in [4.78, 5) is 4.34. The Kier molecular flexibility index (Phi) is 3.19. The number of rotatable bonds is 1. The summed E-state index contributed by atoms with van der Waals surface area (Å²) in [5, 5.41) is 9.19. The first-order valence-electron chi connectivity index (χ1n) is 6.17. The number of anilines is 1. The summed E-state index contributed by atoms with van der Waals surface area (Å²) in [6.45, 7) is 3.70. The van der Waals surface area contributed by atoms with Crippen LogP contribution in [0.5, 0.6) is 0 Å². The Hall–Kier alpha value is -2.09. The molecule has 0 bridgehead atoms. The lowest BCUT2D eigenvalue weighted by atomic mass is 9.75. The minimum Gasteiger partial charge on any atom is -0.399 e. The summed E-state index contributed by atoms with van der Waals surface area (Å²) >= 11 is 0. The quantitative estimate of drug-likeness (QED) is 0.760. The molecule has 1 heterocycles. The van der Waals surface area contributed by atoms with Gasteiger partial charge in [0.05, 0.1) is 12.1 Å². The predicted octanol–water partition coefficient (Wildman–Crippen LogP) is 2.38. The number of benzene rings is 1.